The van der Waals surface area contributed by atoms with Crippen molar-refractivity contribution in [3.8, 4) is 5.75 Å². The lowest BCUT2D eigenvalue weighted by Gasteiger charge is -2.19. The molecule has 0 aromatic heterocycles. The number of carbonyl (C=O) groups is 3. The second-order valence-electron chi connectivity index (χ2n) is 7.07. The summed E-state index contributed by atoms with van der Waals surface area (Å²) in [4.78, 5) is 41.8. The van der Waals surface area contributed by atoms with Crippen molar-refractivity contribution in [1.29, 1.82) is 0 Å². The van der Waals surface area contributed by atoms with Crippen LogP contribution in [0.4, 0.5) is 0 Å². The van der Waals surface area contributed by atoms with Crippen molar-refractivity contribution < 1.29 is 34.1 Å². The van der Waals surface area contributed by atoms with Gasteiger partial charge >= 0.3 is 5.97 Å². The number of carbonyl (C=O) groups excluding carboxylic acids is 3. The minimum absolute atomic E-state index is 0.00825. The van der Waals surface area contributed by atoms with Gasteiger partial charge in [-0.3, -0.25) is 14.4 Å². The zero-order valence-corrected chi connectivity index (χ0v) is 16.6. The van der Waals surface area contributed by atoms with Gasteiger partial charge in [0.15, 0.2) is 18.4 Å². The van der Waals surface area contributed by atoms with E-state index in [9.17, 15) is 24.7 Å². The number of esters is 1. The highest BCUT2D eigenvalue weighted by molar-refractivity contribution is 6.27. The Balaban J connectivity index is 1.51. The number of hydrogen-bond acceptors (Lipinski definition) is 8. The van der Waals surface area contributed by atoms with E-state index in [0.29, 0.717) is 13.1 Å². The monoisotopic (exact) mass is 417 g/mol. The first kappa shape index (κ1) is 21.3. The van der Waals surface area contributed by atoms with Crippen LogP contribution in [0.2, 0.25) is 0 Å². The molecular formula is C20H23N3O7. The van der Waals surface area contributed by atoms with Gasteiger partial charge in [-0.05, 0) is 38.7 Å². The highest BCUT2D eigenvalue weighted by atomic mass is 16.9. The summed E-state index contributed by atoms with van der Waals surface area (Å²) >= 11 is 0. The van der Waals surface area contributed by atoms with E-state index in [1.54, 1.807) is 5.01 Å². The summed E-state index contributed by atoms with van der Waals surface area (Å²) in [5.74, 6) is -1.84. The zero-order valence-electron chi connectivity index (χ0n) is 16.6. The number of ketones is 2. The van der Waals surface area contributed by atoms with Crippen LogP contribution in [0.25, 0.3) is 0 Å². The molecule has 1 aliphatic carbocycles. The number of fused-ring (bicyclic) bond motifs is 1. The van der Waals surface area contributed by atoms with Crippen molar-refractivity contribution in [3.63, 3.8) is 0 Å². The van der Waals surface area contributed by atoms with Crippen LogP contribution in [0.3, 0.4) is 0 Å². The van der Waals surface area contributed by atoms with Crippen molar-refractivity contribution in [1.82, 2.24) is 5.01 Å². The number of nitrogens with zero attached hydrogens (tertiary/aromatic N) is 3. The van der Waals surface area contributed by atoms with Crippen LogP contribution in [-0.4, -0.2) is 52.6 Å². The average Bonchev–Trinajstić information content (AvgIpc) is 2.72. The van der Waals surface area contributed by atoms with E-state index < -0.39 is 18.5 Å². The lowest BCUT2D eigenvalue weighted by molar-refractivity contribution is -0.805. The van der Waals surface area contributed by atoms with Gasteiger partial charge in [0.25, 0.3) is 0 Å². The summed E-state index contributed by atoms with van der Waals surface area (Å²) in [5, 5.41) is 26.8. The number of hydrogen-bond donors (Lipinski definition) is 1. The molecule has 2 aliphatic rings. The Morgan fingerprint density at radius 3 is 2.70 bits per heavy atom. The topological polar surface area (TPSA) is 132 Å². The smallest absolute Gasteiger partial charge is 0.307 e. The van der Waals surface area contributed by atoms with Gasteiger partial charge in [0.1, 0.15) is 24.1 Å². The van der Waals surface area contributed by atoms with E-state index >= 15 is 0 Å². The summed E-state index contributed by atoms with van der Waals surface area (Å²) in [6.07, 6.45) is 2.76. The minimum atomic E-state index is -0.704. The Bertz CT molecular complexity index is 917. The van der Waals surface area contributed by atoms with E-state index in [0.717, 1.165) is 19.3 Å². The number of Topliss-reactive ketones (excluding diaryl/α,β-unsaturated/α-hetero) is 2. The van der Waals surface area contributed by atoms with Crippen molar-refractivity contribution in [3.05, 3.63) is 45.7 Å². The molecule has 0 bridgehead atoms. The third-order valence-corrected chi connectivity index (χ3v) is 5.08. The molecule has 0 amide bonds. The number of rotatable bonds is 7. The van der Waals surface area contributed by atoms with Crippen LogP contribution >= 0.6 is 0 Å². The normalized spacial score (nSPS) is 17.1. The van der Waals surface area contributed by atoms with Crippen LogP contribution in [0.15, 0.2) is 34.6 Å². The summed E-state index contributed by atoms with van der Waals surface area (Å²) < 4.78 is 4.83. The molecular weight excluding hydrogens is 394 g/mol. The van der Waals surface area contributed by atoms with E-state index in [2.05, 4.69) is 10.1 Å². The molecule has 0 saturated carbocycles. The number of aromatic hydroxyl groups is 1. The van der Waals surface area contributed by atoms with E-state index in [4.69, 9.17) is 4.74 Å². The van der Waals surface area contributed by atoms with Gasteiger partial charge in [-0.1, -0.05) is 12.1 Å². The first-order chi connectivity index (χ1) is 14.4. The number of piperidine rings is 1. The van der Waals surface area contributed by atoms with E-state index in [1.165, 1.54) is 25.1 Å². The van der Waals surface area contributed by atoms with E-state index in [-0.39, 0.29) is 51.7 Å². The summed E-state index contributed by atoms with van der Waals surface area (Å²) in [7, 11) is 0. The standard InChI is InChI=1S/C20H23N3O7/c1-13-14(20(27)18-15(19(13)26)6-5-7-16(18)24)8-9-17(25)29-12-30-23(28)21-22-10-3-2-4-11-22/h5-7,24H,2-4,8-12H2,1H3/b23-21+. The van der Waals surface area contributed by atoms with Gasteiger partial charge < -0.3 is 19.9 Å². The second-order valence-corrected chi connectivity index (χ2v) is 7.07. The van der Waals surface area contributed by atoms with Gasteiger partial charge in [0, 0.05) is 23.1 Å². The van der Waals surface area contributed by atoms with E-state index in [1.807, 2.05) is 0 Å². The molecule has 0 atom stereocenters. The molecule has 0 radical (unpaired) electrons. The maximum Gasteiger partial charge on any atom is 0.307 e. The van der Waals surface area contributed by atoms with Gasteiger partial charge in [0.2, 0.25) is 0 Å². The average molecular weight is 417 g/mol. The molecule has 10 nitrogen and oxygen atoms in total. The van der Waals surface area contributed by atoms with Gasteiger partial charge in [-0.2, -0.15) is 5.01 Å². The predicted molar refractivity (Wildman–Crippen MR) is 102 cm³/mol. The van der Waals surface area contributed by atoms with Crippen LogP contribution in [0.1, 0.15) is 59.7 Å². The van der Waals surface area contributed by atoms with Gasteiger partial charge in [0.05, 0.1) is 10.6 Å². The van der Waals surface area contributed by atoms with Crippen molar-refractivity contribution >= 4 is 17.5 Å². The molecule has 1 saturated heterocycles. The summed E-state index contributed by atoms with van der Waals surface area (Å²) in [6.45, 7) is 2.23. The molecule has 1 fully saturated rings. The highest BCUT2D eigenvalue weighted by Crippen LogP contribution is 2.33. The highest BCUT2D eigenvalue weighted by Gasteiger charge is 2.32. The van der Waals surface area contributed by atoms with Crippen LogP contribution in [0, 0.1) is 5.21 Å². The molecule has 0 spiro atoms. The van der Waals surface area contributed by atoms with Gasteiger partial charge in [-0.25, -0.2) is 0 Å². The fourth-order valence-corrected chi connectivity index (χ4v) is 3.46. The van der Waals surface area contributed by atoms with Crippen LogP contribution in [-0.2, 0) is 14.4 Å². The largest absolute Gasteiger partial charge is 0.507 e. The third kappa shape index (κ3) is 4.76. The first-order valence-corrected chi connectivity index (χ1v) is 9.72. The molecule has 1 N–H and O–H groups in total. The van der Waals surface area contributed by atoms with Crippen LogP contribution < -0.4 is 0 Å². The molecule has 3 rings (SSSR count). The number of phenols is 1. The Morgan fingerprint density at radius 1 is 1.23 bits per heavy atom. The second kappa shape index (κ2) is 9.38. The minimum Gasteiger partial charge on any atom is -0.507 e. The fourth-order valence-electron chi connectivity index (χ4n) is 3.46. The fraction of sp³-hybridized carbons (Fsp3) is 0.450. The molecule has 1 aromatic rings. The van der Waals surface area contributed by atoms with Crippen LogP contribution in [0.5, 0.6) is 5.75 Å². The Kier molecular flexibility index (Phi) is 6.65. The maximum atomic E-state index is 12.7. The van der Waals surface area contributed by atoms with Crippen molar-refractivity contribution in [2.24, 2.45) is 5.22 Å². The van der Waals surface area contributed by atoms with Crippen molar-refractivity contribution in [2.75, 3.05) is 19.9 Å². The third-order valence-electron chi connectivity index (χ3n) is 5.08. The number of allylic oxidation sites excluding steroid dienone is 2. The molecule has 160 valence electrons. The SMILES string of the molecule is CC1=C(CCC(=O)OCO/[N+]([O-])=N/N2CCCCC2)C(=O)c2c(O)cccc2C1=O. The molecule has 0 unspecified atom stereocenters. The summed E-state index contributed by atoms with van der Waals surface area (Å²) in [6, 6.07) is 4.30. The predicted octanol–water partition coefficient (Wildman–Crippen LogP) is 2.66. The zero-order chi connectivity index (χ0) is 21.7. The maximum absolute atomic E-state index is 12.7. The van der Waals surface area contributed by atoms with Gasteiger partial charge in [-0.15, -0.1) is 0 Å². The lowest BCUT2D eigenvalue weighted by atomic mass is 9.82. The molecule has 30 heavy (non-hydrogen) atoms. The molecule has 1 heterocycles. The molecule has 10 heteroatoms. The lowest BCUT2D eigenvalue weighted by Crippen LogP contribution is -2.27. The molecule has 1 aliphatic heterocycles. The number of phenolic OH excluding ortho intramolecular Hbond substituents is 1. The molecule has 1 aromatic carbocycles. The number of ether oxygens (including phenoxy) is 1. The van der Waals surface area contributed by atoms with Crippen molar-refractivity contribution in [2.45, 2.75) is 39.0 Å². The quantitative estimate of drug-likeness (QED) is 0.310. The Hall–Kier alpha value is -3.43. The Morgan fingerprint density at radius 2 is 1.97 bits per heavy atom. The number of benzene rings is 1. The first-order valence-electron chi connectivity index (χ1n) is 9.72. The Labute approximate surface area is 172 Å². The summed E-state index contributed by atoms with van der Waals surface area (Å²) in [5.41, 5.74) is 0.469.